The molecule has 1 atom stereocenters. The number of anilines is 1. The highest BCUT2D eigenvalue weighted by Crippen LogP contribution is 2.25. The molecule has 1 N–H and O–H groups in total. The zero-order chi connectivity index (χ0) is 14.4. The van der Waals surface area contributed by atoms with Gasteiger partial charge in [0.15, 0.2) is 0 Å². The van der Waals surface area contributed by atoms with E-state index in [-0.39, 0.29) is 0 Å². The van der Waals surface area contributed by atoms with Crippen molar-refractivity contribution in [2.24, 2.45) is 0 Å². The number of unbranched alkanes of at least 4 members (excludes halogenated alkanes) is 3. The highest BCUT2D eigenvalue weighted by molar-refractivity contribution is 5.55. The molecule has 3 heteroatoms. The van der Waals surface area contributed by atoms with E-state index in [4.69, 9.17) is 0 Å². The molecule has 20 heavy (non-hydrogen) atoms. The van der Waals surface area contributed by atoms with Crippen LogP contribution < -0.4 is 5.32 Å². The molecule has 108 valence electrons. The van der Waals surface area contributed by atoms with Gasteiger partial charge in [-0.15, -0.1) is 0 Å². The maximum atomic E-state index is 9.28. The van der Waals surface area contributed by atoms with Crippen molar-refractivity contribution in [3.8, 4) is 6.07 Å². The molecule has 1 aliphatic carbocycles. The van der Waals surface area contributed by atoms with E-state index in [1.165, 1.54) is 43.4 Å². The maximum absolute atomic E-state index is 9.28. The monoisotopic (exact) mass is 271 g/mol. The summed E-state index contributed by atoms with van der Waals surface area (Å²) < 4.78 is 0. The zero-order valence-corrected chi connectivity index (χ0v) is 12.7. The fourth-order valence-corrected chi connectivity index (χ4v) is 2.85. The van der Waals surface area contributed by atoms with Crippen LogP contribution in [0, 0.1) is 11.3 Å². The van der Waals surface area contributed by atoms with Crippen LogP contribution in [-0.2, 0) is 12.8 Å². The van der Waals surface area contributed by atoms with Crippen LogP contribution in [-0.4, -0.2) is 11.0 Å². The van der Waals surface area contributed by atoms with Gasteiger partial charge >= 0.3 is 0 Å². The minimum Gasteiger partial charge on any atom is -0.367 e. The molecule has 0 saturated carbocycles. The zero-order valence-electron chi connectivity index (χ0n) is 12.7. The quantitative estimate of drug-likeness (QED) is 0.756. The van der Waals surface area contributed by atoms with Crippen molar-refractivity contribution < 1.29 is 0 Å². The second kappa shape index (κ2) is 7.28. The molecule has 1 aromatic heterocycles. The van der Waals surface area contributed by atoms with Crippen LogP contribution in [0.3, 0.4) is 0 Å². The van der Waals surface area contributed by atoms with Crippen molar-refractivity contribution in [2.75, 3.05) is 5.32 Å². The Morgan fingerprint density at radius 2 is 2.20 bits per heavy atom. The van der Waals surface area contributed by atoms with E-state index in [0.717, 1.165) is 25.1 Å². The molecule has 3 nitrogen and oxygen atoms in total. The van der Waals surface area contributed by atoms with Gasteiger partial charge in [0.2, 0.25) is 0 Å². The summed E-state index contributed by atoms with van der Waals surface area (Å²) in [6.07, 6.45) is 9.57. The topological polar surface area (TPSA) is 48.7 Å². The van der Waals surface area contributed by atoms with Gasteiger partial charge in [-0.2, -0.15) is 5.26 Å². The van der Waals surface area contributed by atoms with Gasteiger partial charge in [0.05, 0.1) is 5.56 Å². The predicted octanol–water partition coefficient (Wildman–Crippen LogP) is 4.21. The van der Waals surface area contributed by atoms with E-state index in [2.05, 4.69) is 30.2 Å². The molecule has 1 unspecified atom stereocenters. The molecule has 0 bridgehead atoms. The highest BCUT2D eigenvalue weighted by Gasteiger charge is 2.17. The Bertz CT molecular complexity index is 488. The second-order valence-corrected chi connectivity index (χ2v) is 5.85. The summed E-state index contributed by atoms with van der Waals surface area (Å²) in [7, 11) is 0. The van der Waals surface area contributed by atoms with Crippen LogP contribution in [0.1, 0.15) is 69.2 Å². The third-order valence-corrected chi connectivity index (χ3v) is 4.05. The van der Waals surface area contributed by atoms with E-state index < -0.39 is 0 Å². The number of rotatable bonds is 7. The van der Waals surface area contributed by atoms with Crippen LogP contribution in [0.2, 0.25) is 0 Å². The smallest absolute Gasteiger partial charge is 0.144 e. The van der Waals surface area contributed by atoms with Gasteiger partial charge in [-0.3, -0.25) is 0 Å². The summed E-state index contributed by atoms with van der Waals surface area (Å²) in [6.45, 7) is 4.41. The molecule has 1 aliphatic rings. The summed E-state index contributed by atoms with van der Waals surface area (Å²) in [5.41, 5.74) is 3.15. The highest BCUT2D eigenvalue weighted by atomic mass is 15.0. The summed E-state index contributed by atoms with van der Waals surface area (Å²) in [5.74, 6) is 0.788. The number of hydrogen-bond acceptors (Lipinski definition) is 3. The Balaban J connectivity index is 1.96. The lowest BCUT2D eigenvalue weighted by Gasteiger charge is -2.16. The van der Waals surface area contributed by atoms with Gasteiger partial charge in [0, 0.05) is 11.7 Å². The average molecular weight is 271 g/mol. The van der Waals surface area contributed by atoms with Gasteiger partial charge < -0.3 is 5.32 Å². The number of hydrogen-bond donors (Lipinski definition) is 1. The van der Waals surface area contributed by atoms with Gasteiger partial charge in [0.25, 0.3) is 0 Å². The van der Waals surface area contributed by atoms with Crippen LogP contribution in [0.4, 0.5) is 5.82 Å². The van der Waals surface area contributed by atoms with Crippen molar-refractivity contribution in [1.29, 1.82) is 5.26 Å². The van der Waals surface area contributed by atoms with Crippen molar-refractivity contribution in [2.45, 2.75) is 71.3 Å². The fraction of sp³-hybridized carbons (Fsp3) is 0.647. The summed E-state index contributed by atoms with van der Waals surface area (Å²) in [4.78, 5) is 4.67. The van der Waals surface area contributed by atoms with Crippen LogP contribution >= 0.6 is 0 Å². The number of nitriles is 1. The lowest BCUT2D eigenvalue weighted by Crippen LogP contribution is -2.17. The van der Waals surface area contributed by atoms with Crippen molar-refractivity contribution in [3.63, 3.8) is 0 Å². The Morgan fingerprint density at radius 3 is 2.95 bits per heavy atom. The molecule has 0 aliphatic heterocycles. The normalized spacial score (nSPS) is 14.7. The standard InChI is InChI=1S/C17H25N3/c1-3-4-5-6-8-13(2)19-17-15(12-18)11-14-9-7-10-16(14)20-17/h11,13H,3-10H2,1-2H3,(H,19,20). The van der Waals surface area contributed by atoms with E-state index in [9.17, 15) is 5.26 Å². The van der Waals surface area contributed by atoms with E-state index >= 15 is 0 Å². The van der Waals surface area contributed by atoms with Crippen LogP contribution in [0.15, 0.2) is 6.07 Å². The Hall–Kier alpha value is -1.56. The van der Waals surface area contributed by atoms with E-state index in [1.54, 1.807) is 0 Å². The predicted molar refractivity (Wildman–Crippen MR) is 82.8 cm³/mol. The molecule has 0 fully saturated rings. The fourth-order valence-electron chi connectivity index (χ4n) is 2.85. The molecule has 1 aromatic rings. The third kappa shape index (κ3) is 3.72. The van der Waals surface area contributed by atoms with E-state index in [1.807, 2.05) is 6.07 Å². The first-order valence-corrected chi connectivity index (χ1v) is 7.94. The first-order valence-electron chi connectivity index (χ1n) is 7.94. The lowest BCUT2D eigenvalue weighted by molar-refractivity contribution is 0.592. The summed E-state index contributed by atoms with van der Waals surface area (Å²) >= 11 is 0. The molecule has 0 aromatic carbocycles. The number of nitrogens with zero attached hydrogens (tertiary/aromatic N) is 2. The molecule has 2 rings (SSSR count). The number of nitrogens with one attached hydrogen (secondary N) is 1. The maximum Gasteiger partial charge on any atom is 0.144 e. The number of pyridine rings is 1. The van der Waals surface area contributed by atoms with Gasteiger partial charge in [-0.1, -0.05) is 32.6 Å². The Morgan fingerprint density at radius 1 is 1.35 bits per heavy atom. The Labute approximate surface area is 122 Å². The number of aryl methyl sites for hydroxylation is 2. The molecule has 0 amide bonds. The molecular weight excluding hydrogens is 246 g/mol. The van der Waals surface area contributed by atoms with E-state index in [0.29, 0.717) is 11.6 Å². The number of aromatic nitrogens is 1. The van der Waals surface area contributed by atoms with Gasteiger partial charge in [-0.25, -0.2) is 4.98 Å². The molecule has 1 heterocycles. The minimum atomic E-state index is 0.380. The second-order valence-electron chi connectivity index (χ2n) is 5.85. The van der Waals surface area contributed by atoms with Crippen LogP contribution in [0.5, 0.6) is 0 Å². The van der Waals surface area contributed by atoms with Crippen LogP contribution in [0.25, 0.3) is 0 Å². The van der Waals surface area contributed by atoms with Gasteiger partial charge in [0.1, 0.15) is 11.9 Å². The molecule has 0 spiro atoms. The first-order chi connectivity index (χ1) is 9.74. The van der Waals surface area contributed by atoms with Crippen molar-refractivity contribution >= 4 is 5.82 Å². The Kier molecular flexibility index (Phi) is 5.40. The molecular formula is C17H25N3. The third-order valence-electron chi connectivity index (χ3n) is 4.05. The molecule has 0 saturated heterocycles. The molecule has 0 radical (unpaired) electrons. The van der Waals surface area contributed by atoms with Gasteiger partial charge in [-0.05, 0) is 44.2 Å². The first kappa shape index (κ1) is 14.8. The van der Waals surface area contributed by atoms with Crippen molar-refractivity contribution in [3.05, 3.63) is 22.9 Å². The summed E-state index contributed by atoms with van der Waals surface area (Å²) in [5, 5.41) is 12.7. The summed E-state index contributed by atoms with van der Waals surface area (Å²) in [6, 6.07) is 4.69. The lowest BCUT2D eigenvalue weighted by atomic mass is 10.1. The average Bonchev–Trinajstić information content (AvgIpc) is 2.90. The van der Waals surface area contributed by atoms with Crippen molar-refractivity contribution in [1.82, 2.24) is 4.98 Å². The SMILES string of the molecule is CCCCCCC(C)Nc1nc2c(cc1C#N)CCC2. The minimum absolute atomic E-state index is 0.380. The number of fused-ring (bicyclic) bond motifs is 1. The largest absolute Gasteiger partial charge is 0.367 e.